The van der Waals surface area contributed by atoms with Gasteiger partial charge in [-0.15, -0.1) is 0 Å². The maximum absolute atomic E-state index is 13.1. The van der Waals surface area contributed by atoms with Crippen LogP contribution in [0.2, 0.25) is 0 Å². The van der Waals surface area contributed by atoms with Gasteiger partial charge in [-0.1, -0.05) is 0 Å². The first-order valence-electron chi connectivity index (χ1n) is 6.66. The van der Waals surface area contributed by atoms with Crippen molar-refractivity contribution in [3.05, 3.63) is 21.5 Å². The van der Waals surface area contributed by atoms with Gasteiger partial charge in [0.2, 0.25) is 5.91 Å². The number of amides is 1. The number of halogens is 2. The van der Waals surface area contributed by atoms with Crippen LogP contribution in [0.5, 0.6) is 0 Å². The van der Waals surface area contributed by atoms with E-state index in [4.69, 9.17) is 0 Å². The number of hydrogen-bond donors (Lipinski definition) is 2. The Morgan fingerprint density at radius 2 is 2.24 bits per heavy atom. The summed E-state index contributed by atoms with van der Waals surface area (Å²) in [5.74, 6) is 1.21. The molecule has 0 bridgehead atoms. The second-order valence-corrected chi connectivity index (χ2v) is 6.06. The summed E-state index contributed by atoms with van der Waals surface area (Å²) < 4.78 is 13.8. The zero-order valence-corrected chi connectivity index (χ0v) is 13.6. The van der Waals surface area contributed by atoms with Crippen LogP contribution in [0, 0.1) is 9.49 Å². The van der Waals surface area contributed by atoms with Crippen LogP contribution >= 0.6 is 22.6 Å². The highest BCUT2D eigenvalue weighted by Gasteiger charge is 2.29. The number of hydrogen-bond acceptors (Lipinski definition) is 4. The number of carbonyl (C=O) groups is 1. The van der Waals surface area contributed by atoms with Crippen molar-refractivity contribution in [2.45, 2.75) is 19.5 Å². The molecule has 2 aromatic rings. The largest absolute Gasteiger partial charge is 0.373 e. The van der Waals surface area contributed by atoms with Crippen LogP contribution in [0.4, 0.5) is 16.0 Å². The standard InChI is InChI=1S/C14H14FIN4O/c1-17-13-9-6-18-11(20-14(21)7-2-3-7)4-8(9)12(16)10(5-15)19-13/h4,6-7H,2-3,5H2,1H3,(H,17,19)(H,18,20,21). The fourth-order valence-electron chi connectivity index (χ4n) is 2.15. The van der Waals surface area contributed by atoms with Crippen LogP contribution in [0.3, 0.4) is 0 Å². The molecule has 2 aromatic heterocycles. The van der Waals surface area contributed by atoms with E-state index in [1.54, 1.807) is 19.3 Å². The zero-order valence-electron chi connectivity index (χ0n) is 11.4. The van der Waals surface area contributed by atoms with Crippen molar-refractivity contribution in [3.63, 3.8) is 0 Å². The van der Waals surface area contributed by atoms with Crippen LogP contribution < -0.4 is 10.6 Å². The summed E-state index contributed by atoms with van der Waals surface area (Å²) >= 11 is 2.08. The van der Waals surface area contributed by atoms with Crippen molar-refractivity contribution >= 4 is 50.9 Å². The maximum atomic E-state index is 13.1. The van der Waals surface area contributed by atoms with Crippen LogP contribution in [0.15, 0.2) is 12.3 Å². The number of alkyl halides is 1. The Bertz CT molecular complexity index is 718. The first-order valence-corrected chi connectivity index (χ1v) is 7.74. The van der Waals surface area contributed by atoms with Crippen LogP contribution in [0.1, 0.15) is 18.5 Å². The molecular formula is C14H14FIN4O. The van der Waals surface area contributed by atoms with E-state index in [9.17, 15) is 9.18 Å². The third-order valence-corrected chi connectivity index (χ3v) is 4.66. The normalized spacial score (nSPS) is 14.2. The van der Waals surface area contributed by atoms with Crippen LogP contribution in [0.25, 0.3) is 10.8 Å². The van der Waals surface area contributed by atoms with Crippen molar-refractivity contribution in [2.24, 2.45) is 5.92 Å². The molecule has 1 saturated carbocycles. The van der Waals surface area contributed by atoms with Gasteiger partial charge >= 0.3 is 0 Å². The number of pyridine rings is 2. The molecule has 0 aromatic carbocycles. The second kappa shape index (κ2) is 5.70. The van der Waals surface area contributed by atoms with Crippen molar-refractivity contribution in [2.75, 3.05) is 17.7 Å². The molecule has 1 amide bonds. The number of nitrogens with zero attached hydrogens (tertiary/aromatic N) is 2. The van der Waals surface area contributed by atoms with Gasteiger partial charge in [0.1, 0.15) is 18.3 Å². The third kappa shape index (κ3) is 2.78. The molecule has 0 radical (unpaired) electrons. The van der Waals surface area contributed by atoms with Crippen LogP contribution in [-0.2, 0) is 11.5 Å². The summed E-state index contributed by atoms with van der Waals surface area (Å²) in [4.78, 5) is 20.3. The van der Waals surface area contributed by atoms with Gasteiger partial charge in [-0.25, -0.2) is 14.4 Å². The van der Waals surface area contributed by atoms with E-state index < -0.39 is 6.67 Å². The molecule has 110 valence electrons. The van der Waals surface area contributed by atoms with E-state index in [1.165, 1.54) is 0 Å². The van der Waals surface area contributed by atoms with Crippen LogP contribution in [-0.4, -0.2) is 22.9 Å². The molecule has 2 heterocycles. The molecule has 0 atom stereocenters. The molecule has 7 heteroatoms. The lowest BCUT2D eigenvalue weighted by Crippen LogP contribution is -2.14. The predicted octanol–water partition coefficient (Wildman–Crippen LogP) is 3.09. The summed E-state index contributed by atoms with van der Waals surface area (Å²) in [6, 6.07) is 1.78. The average Bonchev–Trinajstić information content (AvgIpc) is 3.33. The van der Waals surface area contributed by atoms with E-state index in [1.807, 2.05) is 0 Å². The highest BCUT2D eigenvalue weighted by Crippen LogP contribution is 2.32. The minimum atomic E-state index is -0.630. The molecule has 1 aliphatic carbocycles. The van der Waals surface area contributed by atoms with Crippen molar-refractivity contribution in [1.29, 1.82) is 0 Å². The number of carbonyl (C=O) groups excluding carboxylic acids is 1. The Kier molecular flexibility index (Phi) is 3.92. The minimum absolute atomic E-state index is 0.00506. The van der Waals surface area contributed by atoms with E-state index in [0.29, 0.717) is 17.3 Å². The number of nitrogens with one attached hydrogen (secondary N) is 2. The Labute approximate surface area is 134 Å². The first-order chi connectivity index (χ1) is 10.1. The van der Waals surface area contributed by atoms with E-state index in [0.717, 1.165) is 27.2 Å². The lowest BCUT2D eigenvalue weighted by atomic mass is 10.2. The molecule has 21 heavy (non-hydrogen) atoms. The smallest absolute Gasteiger partial charge is 0.228 e. The van der Waals surface area contributed by atoms with Gasteiger partial charge in [0, 0.05) is 33.5 Å². The third-order valence-electron chi connectivity index (χ3n) is 3.46. The van der Waals surface area contributed by atoms with Gasteiger partial charge in [0.25, 0.3) is 0 Å². The quantitative estimate of drug-likeness (QED) is 0.775. The summed E-state index contributed by atoms with van der Waals surface area (Å²) in [6.45, 7) is -0.630. The molecule has 2 N–H and O–H groups in total. The maximum Gasteiger partial charge on any atom is 0.228 e. The zero-order chi connectivity index (χ0) is 15.0. The average molecular weight is 400 g/mol. The van der Waals surface area contributed by atoms with Crippen molar-refractivity contribution < 1.29 is 9.18 Å². The number of rotatable bonds is 4. The molecule has 0 spiro atoms. The van der Waals surface area contributed by atoms with Gasteiger partial charge in [0.05, 0.1) is 5.69 Å². The van der Waals surface area contributed by atoms with E-state index in [-0.39, 0.29) is 11.8 Å². The number of fused-ring (bicyclic) bond motifs is 1. The first kappa shape index (κ1) is 14.4. The number of aromatic nitrogens is 2. The summed E-state index contributed by atoms with van der Waals surface area (Å²) in [6.07, 6.45) is 3.54. The van der Waals surface area contributed by atoms with Gasteiger partial charge in [-0.3, -0.25) is 4.79 Å². The van der Waals surface area contributed by atoms with Crippen molar-refractivity contribution in [3.8, 4) is 0 Å². The van der Waals surface area contributed by atoms with Gasteiger partial charge in [-0.05, 0) is 41.5 Å². The van der Waals surface area contributed by atoms with E-state index in [2.05, 4.69) is 43.2 Å². The van der Waals surface area contributed by atoms with Gasteiger partial charge in [-0.2, -0.15) is 0 Å². The second-order valence-electron chi connectivity index (χ2n) is 4.98. The summed E-state index contributed by atoms with van der Waals surface area (Å²) in [5.41, 5.74) is 0.387. The summed E-state index contributed by atoms with van der Waals surface area (Å²) in [5, 5.41) is 7.41. The lowest BCUT2D eigenvalue weighted by molar-refractivity contribution is -0.117. The molecule has 5 nitrogen and oxygen atoms in total. The minimum Gasteiger partial charge on any atom is -0.373 e. The SMILES string of the molecule is CNc1nc(CF)c(I)c2cc(NC(=O)C3CC3)ncc12. The van der Waals surface area contributed by atoms with Crippen molar-refractivity contribution in [1.82, 2.24) is 9.97 Å². The molecule has 0 aliphatic heterocycles. The molecule has 1 fully saturated rings. The van der Waals surface area contributed by atoms with E-state index >= 15 is 0 Å². The fourth-order valence-corrected chi connectivity index (χ4v) is 2.86. The Morgan fingerprint density at radius 3 is 2.86 bits per heavy atom. The Balaban J connectivity index is 2.06. The fraction of sp³-hybridized carbons (Fsp3) is 0.357. The predicted molar refractivity (Wildman–Crippen MR) is 88.0 cm³/mol. The Hall–Kier alpha value is -1.51. The molecular weight excluding hydrogens is 386 g/mol. The Morgan fingerprint density at radius 1 is 1.48 bits per heavy atom. The molecule has 0 saturated heterocycles. The molecule has 0 unspecified atom stereocenters. The highest BCUT2D eigenvalue weighted by atomic mass is 127. The highest BCUT2D eigenvalue weighted by molar-refractivity contribution is 14.1. The topological polar surface area (TPSA) is 66.9 Å². The van der Waals surface area contributed by atoms with Gasteiger partial charge in [0.15, 0.2) is 0 Å². The monoisotopic (exact) mass is 400 g/mol. The molecule has 3 rings (SSSR count). The lowest BCUT2D eigenvalue weighted by Gasteiger charge is -2.11. The summed E-state index contributed by atoms with van der Waals surface area (Å²) in [7, 11) is 1.74. The van der Waals surface area contributed by atoms with Gasteiger partial charge < -0.3 is 10.6 Å². The number of anilines is 2. The molecule has 1 aliphatic rings.